The maximum absolute atomic E-state index is 6.31. The van der Waals surface area contributed by atoms with Crippen molar-refractivity contribution in [3.8, 4) is 11.5 Å². The molecule has 26 heavy (non-hydrogen) atoms. The second-order valence-corrected chi connectivity index (χ2v) is 43.4. The molecule has 0 saturated heterocycles. The molecule has 142 valence electrons. The fraction of sp³-hybridized carbons (Fsp3) is 0.556. The fourth-order valence-electron chi connectivity index (χ4n) is 3.97. The lowest BCUT2D eigenvalue weighted by molar-refractivity contribution is 0.176. The molecule has 0 unspecified atom stereocenters. The highest BCUT2D eigenvalue weighted by molar-refractivity contribution is 7.66. The van der Waals surface area contributed by atoms with Crippen LogP contribution in [0.4, 0.5) is 0 Å². The topological polar surface area (TPSA) is 18.5 Å². The molecule has 0 spiro atoms. The van der Waals surface area contributed by atoms with E-state index in [1.807, 2.05) is 0 Å². The van der Waals surface area contributed by atoms with E-state index in [-0.39, 0.29) is 0 Å². The Labute approximate surface area is 169 Å². The van der Waals surface area contributed by atoms with Gasteiger partial charge in [0.1, 0.15) is 13.2 Å². The van der Waals surface area contributed by atoms with Gasteiger partial charge in [0.05, 0.1) is 30.4 Å². The molecular weight excluding hydrogens is 425 g/mol. The SMILES string of the molecule is C[Si]1(C)c2ccc(s2)[Si](C)(C)[Si](C)(C)c2sc(c3c2OCCO3)[Si]1(C)C. The Morgan fingerprint density at radius 3 is 1.38 bits per heavy atom. The van der Waals surface area contributed by atoms with Crippen LogP contribution in [0.2, 0.25) is 52.4 Å². The van der Waals surface area contributed by atoms with Gasteiger partial charge < -0.3 is 9.47 Å². The zero-order valence-electron chi connectivity index (χ0n) is 17.2. The van der Waals surface area contributed by atoms with Crippen molar-refractivity contribution < 1.29 is 9.47 Å². The van der Waals surface area contributed by atoms with Crippen molar-refractivity contribution in [2.75, 3.05) is 13.2 Å². The largest absolute Gasteiger partial charge is 0.485 e. The smallest absolute Gasteiger partial charge is 0.170 e. The Morgan fingerprint density at radius 2 is 1.00 bits per heavy atom. The summed E-state index contributed by atoms with van der Waals surface area (Å²) in [5, 5.41) is 0. The zero-order valence-corrected chi connectivity index (χ0v) is 22.8. The van der Waals surface area contributed by atoms with Gasteiger partial charge in [0.15, 0.2) is 11.5 Å². The second kappa shape index (κ2) is 5.70. The maximum Gasteiger partial charge on any atom is 0.170 e. The van der Waals surface area contributed by atoms with Gasteiger partial charge in [0.2, 0.25) is 0 Å². The molecule has 0 radical (unpaired) electrons. The highest BCUT2D eigenvalue weighted by atomic mass is 32.1. The number of thiophene rings is 2. The van der Waals surface area contributed by atoms with E-state index in [2.05, 4.69) is 87.2 Å². The minimum atomic E-state index is -1.67. The molecular formula is C18H30O2S2Si4. The van der Waals surface area contributed by atoms with Gasteiger partial charge in [-0.1, -0.05) is 64.5 Å². The molecule has 0 amide bonds. The summed E-state index contributed by atoms with van der Waals surface area (Å²) in [6.45, 7) is 22.2. The molecule has 0 fully saturated rings. The molecule has 8 heteroatoms. The Kier molecular flexibility index (Phi) is 4.21. The summed E-state index contributed by atoms with van der Waals surface area (Å²) in [6, 6.07) is 5.01. The molecule has 0 aliphatic carbocycles. The Hall–Kier alpha value is -0.132. The summed E-state index contributed by atoms with van der Waals surface area (Å²) in [4.78, 5) is 0. The molecule has 2 aliphatic rings. The number of ether oxygens (including phenoxy) is 2. The zero-order chi connectivity index (χ0) is 19.1. The summed E-state index contributed by atoms with van der Waals surface area (Å²) >= 11 is 4.27. The molecule has 0 aromatic carbocycles. The highest BCUT2D eigenvalue weighted by Crippen LogP contribution is 2.40. The lowest BCUT2D eigenvalue weighted by Gasteiger charge is -2.39. The van der Waals surface area contributed by atoms with Gasteiger partial charge in [0, 0.05) is 9.00 Å². The lowest BCUT2D eigenvalue weighted by atomic mass is 10.5. The molecule has 0 saturated carbocycles. The molecule has 4 bridgehead atoms. The van der Waals surface area contributed by atoms with Gasteiger partial charge in [-0.3, -0.25) is 0 Å². The number of hydrogen-bond donors (Lipinski definition) is 0. The van der Waals surface area contributed by atoms with E-state index in [0.29, 0.717) is 13.2 Å². The van der Waals surface area contributed by atoms with Crippen molar-refractivity contribution in [3.05, 3.63) is 12.1 Å². The monoisotopic (exact) mass is 454 g/mol. The van der Waals surface area contributed by atoms with Crippen LogP contribution < -0.4 is 27.5 Å². The third-order valence-electron chi connectivity index (χ3n) is 7.50. The van der Waals surface area contributed by atoms with E-state index < -0.39 is 30.4 Å². The van der Waals surface area contributed by atoms with Crippen molar-refractivity contribution >= 4 is 71.0 Å². The van der Waals surface area contributed by atoms with Crippen molar-refractivity contribution in [2.24, 2.45) is 0 Å². The first-order valence-electron chi connectivity index (χ1n) is 9.46. The van der Waals surface area contributed by atoms with Gasteiger partial charge in [0.25, 0.3) is 0 Å². The molecule has 0 N–H and O–H groups in total. The van der Waals surface area contributed by atoms with Gasteiger partial charge in [-0.05, 0) is 9.00 Å². The average Bonchev–Trinajstić information content (AvgIpc) is 3.19. The van der Waals surface area contributed by atoms with E-state index in [4.69, 9.17) is 9.47 Å². The molecule has 2 aromatic rings. The number of rotatable bonds is 0. The van der Waals surface area contributed by atoms with Crippen LogP contribution >= 0.6 is 22.7 Å². The minimum Gasteiger partial charge on any atom is -0.485 e. The normalized spacial score (nSPS) is 24.2. The Bertz CT molecular complexity index is 813. The van der Waals surface area contributed by atoms with E-state index in [1.165, 1.54) is 0 Å². The average molecular weight is 455 g/mol. The molecule has 0 atom stereocenters. The van der Waals surface area contributed by atoms with E-state index in [1.54, 1.807) is 18.0 Å². The second-order valence-electron chi connectivity index (χ2n) is 9.78. The lowest BCUT2D eigenvalue weighted by Crippen LogP contribution is -2.70. The van der Waals surface area contributed by atoms with E-state index >= 15 is 0 Å². The van der Waals surface area contributed by atoms with E-state index in [9.17, 15) is 0 Å². The van der Waals surface area contributed by atoms with Gasteiger partial charge in [-0.25, -0.2) is 0 Å². The number of fused-ring (bicyclic) bond motifs is 7. The quantitative estimate of drug-likeness (QED) is 0.569. The first kappa shape index (κ1) is 19.2. The Morgan fingerprint density at radius 1 is 0.615 bits per heavy atom. The fourth-order valence-corrected chi connectivity index (χ4v) is 35.3. The summed E-state index contributed by atoms with van der Waals surface area (Å²) in [5.41, 5.74) is 0. The minimum absolute atomic E-state index is 0.702. The van der Waals surface area contributed by atoms with Gasteiger partial charge in [-0.2, -0.15) is 11.3 Å². The van der Waals surface area contributed by atoms with Crippen molar-refractivity contribution in [3.63, 3.8) is 0 Å². The van der Waals surface area contributed by atoms with Crippen LogP contribution in [-0.2, 0) is 0 Å². The first-order valence-corrected chi connectivity index (χ1v) is 25.1. The number of hydrogen-bond acceptors (Lipinski definition) is 4. The summed E-state index contributed by atoms with van der Waals surface area (Å²) in [6.07, 6.45) is 0. The van der Waals surface area contributed by atoms with Crippen LogP contribution in [-0.4, -0.2) is 43.6 Å². The van der Waals surface area contributed by atoms with Crippen LogP contribution in [0.25, 0.3) is 0 Å². The summed E-state index contributed by atoms with van der Waals surface area (Å²) in [7, 11) is -6.49. The molecule has 2 aromatic heterocycles. The van der Waals surface area contributed by atoms with Crippen LogP contribution in [0.5, 0.6) is 11.5 Å². The van der Waals surface area contributed by atoms with Crippen molar-refractivity contribution in [2.45, 2.75) is 52.4 Å². The molecule has 2 aliphatic heterocycles. The van der Waals surface area contributed by atoms with Crippen molar-refractivity contribution in [1.82, 2.24) is 0 Å². The maximum atomic E-state index is 6.31. The predicted octanol–water partition coefficient (Wildman–Crippen LogP) is 3.11. The molecule has 4 heterocycles. The molecule has 4 rings (SSSR count). The summed E-state index contributed by atoms with van der Waals surface area (Å²) in [5.74, 6) is 2.30. The van der Waals surface area contributed by atoms with Crippen LogP contribution in [0.3, 0.4) is 0 Å². The van der Waals surface area contributed by atoms with Crippen LogP contribution in [0.1, 0.15) is 0 Å². The third kappa shape index (κ3) is 2.29. The predicted molar refractivity (Wildman–Crippen MR) is 128 cm³/mol. The van der Waals surface area contributed by atoms with Gasteiger partial charge in [-0.15, -0.1) is 11.3 Å². The molecule has 2 nitrogen and oxygen atoms in total. The first-order chi connectivity index (χ1) is 11.9. The standard InChI is InChI=1S/C18H30O2S2Si4/c1-23(2)13-9-10-14(21-13)24(3,4)26(7,8)18-16-15(19-11-12-20-16)17(22-18)25(23,5)6/h9-10H,11-12H2,1-8H3. The van der Waals surface area contributed by atoms with E-state index in [0.717, 1.165) is 11.5 Å². The van der Waals surface area contributed by atoms with Gasteiger partial charge >= 0.3 is 0 Å². The third-order valence-corrected chi connectivity index (χ3v) is 52.1. The van der Waals surface area contributed by atoms with Crippen molar-refractivity contribution in [1.29, 1.82) is 0 Å². The highest BCUT2D eigenvalue weighted by Gasteiger charge is 2.54. The van der Waals surface area contributed by atoms with Crippen LogP contribution in [0, 0.1) is 0 Å². The van der Waals surface area contributed by atoms with Crippen LogP contribution in [0.15, 0.2) is 12.1 Å². The Balaban J connectivity index is 2.11. The summed E-state index contributed by atoms with van der Waals surface area (Å²) < 4.78 is 19.2.